The van der Waals surface area contributed by atoms with Gasteiger partial charge in [-0.3, -0.25) is 4.79 Å². The van der Waals surface area contributed by atoms with Crippen molar-refractivity contribution < 1.29 is 19.6 Å². The highest BCUT2D eigenvalue weighted by molar-refractivity contribution is 5.93. The van der Waals surface area contributed by atoms with Gasteiger partial charge in [0.15, 0.2) is 5.69 Å². The Morgan fingerprint density at radius 1 is 1.55 bits per heavy atom. The van der Waals surface area contributed by atoms with E-state index in [2.05, 4.69) is 0 Å². The van der Waals surface area contributed by atoms with Crippen LogP contribution >= 0.6 is 0 Å². The van der Waals surface area contributed by atoms with Crippen LogP contribution in [0.5, 0.6) is 0 Å². The van der Waals surface area contributed by atoms with Gasteiger partial charge < -0.3 is 24.9 Å². The number of aromatic nitrogens is 1. The van der Waals surface area contributed by atoms with E-state index < -0.39 is 11.0 Å². The van der Waals surface area contributed by atoms with Gasteiger partial charge in [0, 0.05) is 19.2 Å². The first kappa shape index (κ1) is 14.5. The topological polar surface area (TPSA) is 97.8 Å². The number of aliphatic hydroxyl groups excluding tert-OH is 1. The van der Waals surface area contributed by atoms with E-state index in [0.717, 1.165) is 0 Å². The lowest BCUT2D eigenvalue weighted by atomic mass is 10.2. The third-order valence-corrected chi connectivity index (χ3v) is 3.32. The fourth-order valence-electron chi connectivity index (χ4n) is 2.37. The van der Waals surface area contributed by atoms with Gasteiger partial charge in [-0.05, 0) is 17.9 Å². The lowest BCUT2D eigenvalue weighted by molar-refractivity contribution is -0.391. The second-order valence-electron chi connectivity index (χ2n) is 4.85. The molecule has 2 unspecified atom stereocenters. The van der Waals surface area contributed by atoms with Crippen LogP contribution in [0.15, 0.2) is 12.1 Å². The molecule has 110 valence electrons. The van der Waals surface area contributed by atoms with Crippen LogP contribution in [0.3, 0.4) is 0 Å². The maximum Gasteiger partial charge on any atom is 0.323 e. The van der Waals surface area contributed by atoms with Crippen LogP contribution in [-0.2, 0) is 11.8 Å². The fourth-order valence-corrected chi connectivity index (χ4v) is 2.37. The summed E-state index contributed by atoms with van der Waals surface area (Å²) >= 11 is 0. The molecule has 1 fully saturated rings. The molecule has 0 spiro atoms. The molecule has 20 heavy (non-hydrogen) atoms. The van der Waals surface area contributed by atoms with Crippen LogP contribution in [-0.4, -0.2) is 57.3 Å². The number of carbonyl (C=O) groups is 1. The molecule has 0 bridgehead atoms. The van der Waals surface area contributed by atoms with Gasteiger partial charge >= 0.3 is 5.82 Å². The summed E-state index contributed by atoms with van der Waals surface area (Å²) in [5, 5.41) is 19.9. The van der Waals surface area contributed by atoms with Crippen LogP contribution in [0.1, 0.15) is 17.4 Å². The Labute approximate surface area is 115 Å². The lowest BCUT2D eigenvalue weighted by Gasteiger charge is -2.35. The molecule has 1 aromatic rings. The Kier molecular flexibility index (Phi) is 4.05. The Morgan fingerprint density at radius 2 is 2.25 bits per heavy atom. The zero-order valence-corrected chi connectivity index (χ0v) is 11.4. The second kappa shape index (κ2) is 5.59. The number of amides is 1. The molecule has 1 saturated heterocycles. The number of nitrogens with zero attached hydrogens (tertiary/aromatic N) is 3. The highest BCUT2D eigenvalue weighted by Gasteiger charge is 2.32. The number of rotatable bonds is 3. The summed E-state index contributed by atoms with van der Waals surface area (Å²) in [4.78, 5) is 24.2. The van der Waals surface area contributed by atoms with Crippen molar-refractivity contribution in [2.45, 2.75) is 19.1 Å². The third-order valence-electron chi connectivity index (χ3n) is 3.32. The summed E-state index contributed by atoms with van der Waals surface area (Å²) in [5.41, 5.74) is 0.252. The quantitative estimate of drug-likeness (QED) is 0.629. The molecule has 0 aliphatic carbocycles. The molecule has 0 saturated carbocycles. The van der Waals surface area contributed by atoms with Gasteiger partial charge in [0.1, 0.15) is 0 Å². The Morgan fingerprint density at radius 3 is 2.80 bits per heavy atom. The Hall–Kier alpha value is -1.93. The first-order valence-electron chi connectivity index (χ1n) is 6.29. The van der Waals surface area contributed by atoms with E-state index in [9.17, 15) is 14.9 Å². The van der Waals surface area contributed by atoms with E-state index in [-0.39, 0.29) is 36.7 Å². The van der Waals surface area contributed by atoms with Crippen molar-refractivity contribution in [3.05, 3.63) is 27.9 Å². The van der Waals surface area contributed by atoms with Crippen molar-refractivity contribution in [1.82, 2.24) is 9.47 Å². The van der Waals surface area contributed by atoms with Crippen LogP contribution < -0.4 is 0 Å². The molecule has 2 rings (SSSR count). The minimum absolute atomic E-state index is 0.131. The second-order valence-corrected chi connectivity index (χ2v) is 4.85. The molecule has 1 amide bonds. The van der Waals surface area contributed by atoms with E-state index in [1.807, 2.05) is 6.92 Å². The van der Waals surface area contributed by atoms with E-state index in [1.165, 1.54) is 23.7 Å². The molecule has 2 atom stereocenters. The van der Waals surface area contributed by atoms with E-state index in [1.54, 1.807) is 4.90 Å². The van der Waals surface area contributed by atoms with Crippen molar-refractivity contribution in [1.29, 1.82) is 0 Å². The average molecular weight is 283 g/mol. The fraction of sp³-hybridized carbons (Fsp3) is 0.583. The van der Waals surface area contributed by atoms with Gasteiger partial charge in [-0.15, -0.1) is 0 Å². The maximum atomic E-state index is 12.4. The lowest BCUT2D eigenvalue weighted by Crippen LogP contribution is -2.50. The van der Waals surface area contributed by atoms with Crippen LogP contribution in [0.2, 0.25) is 0 Å². The van der Waals surface area contributed by atoms with E-state index in [0.29, 0.717) is 6.54 Å². The summed E-state index contributed by atoms with van der Waals surface area (Å²) < 4.78 is 6.73. The predicted molar refractivity (Wildman–Crippen MR) is 69.4 cm³/mol. The van der Waals surface area contributed by atoms with Crippen molar-refractivity contribution in [3.63, 3.8) is 0 Å². The molecule has 1 aliphatic heterocycles. The standard InChI is InChI=1S/C12H17N3O5/c1-8-5-14(6-9(7-16)20-8)12(17)10-3-4-11(13(10)2)15(18)19/h3-4,8-9,16H,5-7H2,1-2H3. The minimum atomic E-state index is -0.532. The molecule has 8 nitrogen and oxygen atoms in total. The molecule has 8 heteroatoms. The minimum Gasteiger partial charge on any atom is -0.394 e. The Balaban J connectivity index is 2.20. The summed E-state index contributed by atoms with van der Waals surface area (Å²) in [7, 11) is 1.48. The molecule has 1 aliphatic rings. The number of morpholine rings is 1. The van der Waals surface area contributed by atoms with Crippen molar-refractivity contribution >= 4 is 11.7 Å². The van der Waals surface area contributed by atoms with Gasteiger partial charge in [-0.1, -0.05) is 0 Å². The highest BCUT2D eigenvalue weighted by atomic mass is 16.6. The van der Waals surface area contributed by atoms with Gasteiger partial charge in [0.25, 0.3) is 5.91 Å². The van der Waals surface area contributed by atoms with Crippen molar-refractivity contribution in [2.24, 2.45) is 7.05 Å². The molecule has 0 aromatic carbocycles. The number of hydrogen-bond acceptors (Lipinski definition) is 5. The highest BCUT2D eigenvalue weighted by Crippen LogP contribution is 2.19. The first-order valence-corrected chi connectivity index (χ1v) is 6.29. The predicted octanol–water partition coefficient (Wildman–Crippen LogP) is 0.155. The van der Waals surface area contributed by atoms with Crippen LogP contribution in [0, 0.1) is 10.1 Å². The number of nitro groups is 1. The SMILES string of the molecule is CC1CN(C(=O)c2ccc([N+](=O)[O-])n2C)CC(CO)O1. The van der Waals surface area contributed by atoms with Crippen molar-refractivity contribution in [3.8, 4) is 0 Å². The summed E-state index contributed by atoms with van der Waals surface area (Å²) in [6.45, 7) is 2.32. The molecule has 1 N–H and O–H groups in total. The molecule has 2 heterocycles. The van der Waals surface area contributed by atoms with Gasteiger partial charge in [0.05, 0.1) is 25.9 Å². The smallest absolute Gasteiger partial charge is 0.323 e. The third kappa shape index (κ3) is 2.66. The van der Waals surface area contributed by atoms with E-state index in [4.69, 9.17) is 9.84 Å². The number of carbonyl (C=O) groups excluding carboxylic acids is 1. The average Bonchev–Trinajstić information content (AvgIpc) is 2.79. The van der Waals surface area contributed by atoms with Crippen LogP contribution in [0.4, 0.5) is 5.82 Å². The van der Waals surface area contributed by atoms with Crippen LogP contribution in [0.25, 0.3) is 0 Å². The van der Waals surface area contributed by atoms with Gasteiger partial charge in [0.2, 0.25) is 0 Å². The normalized spacial score (nSPS) is 22.9. The first-order chi connectivity index (χ1) is 9.43. The molecule has 0 radical (unpaired) electrons. The van der Waals surface area contributed by atoms with E-state index >= 15 is 0 Å². The van der Waals surface area contributed by atoms with Gasteiger partial charge in [-0.25, -0.2) is 4.57 Å². The molecular weight excluding hydrogens is 266 g/mol. The largest absolute Gasteiger partial charge is 0.394 e. The Bertz CT molecular complexity index is 527. The number of ether oxygens (including phenoxy) is 1. The zero-order chi connectivity index (χ0) is 14.9. The summed E-state index contributed by atoms with van der Waals surface area (Å²) in [5.74, 6) is -0.428. The molecular formula is C12H17N3O5. The maximum absolute atomic E-state index is 12.4. The molecule has 1 aromatic heterocycles. The summed E-state index contributed by atoms with van der Waals surface area (Å²) in [6.07, 6.45) is -0.599. The van der Waals surface area contributed by atoms with Crippen molar-refractivity contribution in [2.75, 3.05) is 19.7 Å². The summed E-state index contributed by atoms with van der Waals surface area (Å²) in [6, 6.07) is 2.75. The number of hydrogen-bond donors (Lipinski definition) is 1. The zero-order valence-electron chi connectivity index (χ0n) is 11.4. The number of aliphatic hydroxyl groups is 1. The van der Waals surface area contributed by atoms with Gasteiger partial charge in [-0.2, -0.15) is 0 Å². The monoisotopic (exact) mass is 283 g/mol.